The van der Waals surface area contributed by atoms with Crippen molar-refractivity contribution in [2.75, 3.05) is 18.4 Å². The number of carbonyl (C=O) groups excluding carboxylic acids is 1. The fraction of sp³-hybridized carbons (Fsp3) is 0.300. The summed E-state index contributed by atoms with van der Waals surface area (Å²) in [6.45, 7) is 3.54. The number of halogens is 1. The molecule has 0 aliphatic carbocycles. The molecular formula is C20H23FN3OS+. The molecule has 1 aliphatic heterocycles. The van der Waals surface area contributed by atoms with Crippen LogP contribution in [0.4, 0.5) is 10.1 Å². The van der Waals surface area contributed by atoms with E-state index in [0.29, 0.717) is 0 Å². The maximum Gasteiger partial charge on any atom is 0.257 e. The standard InChI is InChI=1S/C20H22FN3OS/c21-17-6-4-5-16(13-17)19(25)23-20(26)22-18-9-7-15(8-10-18)14-24-11-2-1-3-12-24/h4-10,13H,1-3,11-12,14H2,(H2,22,23,25,26)/p+1. The minimum atomic E-state index is -0.456. The fourth-order valence-corrected chi connectivity index (χ4v) is 3.40. The van der Waals surface area contributed by atoms with Crippen molar-refractivity contribution in [3.05, 3.63) is 65.5 Å². The Morgan fingerprint density at radius 1 is 1.08 bits per heavy atom. The van der Waals surface area contributed by atoms with E-state index in [2.05, 4.69) is 22.8 Å². The van der Waals surface area contributed by atoms with Gasteiger partial charge in [-0.25, -0.2) is 4.39 Å². The minimum Gasteiger partial charge on any atom is -0.332 e. The van der Waals surface area contributed by atoms with Crippen molar-refractivity contribution in [1.29, 1.82) is 0 Å². The molecule has 26 heavy (non-hydrogen) atoms. The van der Waals surface area contributed by atoms with E-state index in [1.54, 1.807) is 11.0 Å². The van der Waals surface area contributed by atoms with Gasteiger partial charge in [0.15, 0.2) is 5.11 Å². The molecule has 0 unspecified atom stereocenters. The predicted octanol–water partition coefficient (Wildman–Crippen LogP) is 2.52. The predicted molar refractivity (Wildman–Crippen MR) is 105 cm³/mol. The van der Waals surface area contributed by atoms with Crippen LogP contribution >= 0.6 is 12.2 Å². The molecule has 0 bridgehead atoms. The number of carbonyl (C=O) groups is 1. The van der Waals surface area contributed by atoms with Gasteiger partial charge >= 0.3 is 0 Å². The molecule has 1 heterocycles. The van der Waals surface area contributed by atoms with Gasteiger partial charge in [-0.05, 0) is 61.8 Å². The molecule has 2 aromatic carbocycles. The number of piperidine rings is 1. The van der Waals surface area contributed by atoms with Gasteiger partial charge < -0.3 is 10.2 Å². The van der Waals surface area contributed by atoms with E-state index in [9.17, 15) is 9.18 Å². The lowest BCUT2D eigenvalue weighted by Gasteiger charge is -2.23. The number of anilines is 1. The molecule has 0 spiro atoms. The van der Waals surface area contributed by atoms with Crippen molar-refractivity contribution < 1.29 is 14.1 Å². The quantitative estimate of drug-likeness (QED) is 0.723. The SMILES string of the molecule is O=C(NC(=S)Nc1ccc(C[NH+]2CCCCC2)cc1)c1cccc(F)c1. The van der Waals surface area contributed by atoms with Gasteiger partial charge in [0.25, 0.3) is 5.91 Å². The van der Waals surface area contributed by atoms with E-state index in [1.807, 2.05) is 12.1 Å². The van der Waals surface area contributed by atoms with Crippen LogP contribution in [-0.2, 0) is 6.54 Å². The molecule has 4 nitrogen and oxygen atoms in total. The Labute approximate surface area is 158 Å². The number of hydrogen-bond donors (Lipinski definition) is 3. The third-order valence-electron chi connectivity index (χ3n) is 4.54. The van der Waals surface area contributed by atoms with Crippen LogP contribution in [0.25, 0.3) is 0 Å². The minimum absolute atomic E-state index is 0.189. The second-order valence-electron chi connectivity index (χ2n) is 6.60. The zero-order chi connectivity index (χ0) is 18.4. The lowest BCUT2D eigenvalue weighted by atomic mass is 10.1. The Balaban J connectivity index is 1.51. The van der Waals surface area contributed by atoms with Crippen LogP contribution in [0.1, 0.15) is 35.2 Å². The highest BCUT2D eigenvalue weighted by molar-refractivity contribution is 7.80. The van der Waals surface area contributed by atoms with Gasteiger partial charge in [-0.3, -0.25) is 10.1 Å². The van der Waals surface area contributed by atoms with Crippen molar-refractivity contribution in [3.63, 3.8) is 0 Å². The highest BCUT2D eigenvalue weighted by Crippen LogP contribution is 2.10. The smallest absolute Gasteiger partial charge is 0.257 e. The number of hydrogen-bond acceptors (Lipinski definition) is 2. The molecule has 0 aromatic heterocycles. The number of amides is 1. The maximum atomic E-state index is 13.2. The van der Waals surface area contributed by atoms with Crippen LogP contribution in [0.3, 0.4) is 0 Å². The second-order valence-corrected chi connectivity index (χ2v) is 7.01. The van der Waals surface area contributed by atoms with Crippen molar-refractivity contribution >= 4 is 28.9 Å². The van der Waals surface area contributed by atoms with Crippen molar-refractivity contribution in [2.24, 2.45) is 0 Å². The third-order valence-corrected chi connectivity index (χ3v) is 4.74. The molecule has 0 saturated carbocycles. The molecule has 1 aliphatic rings. The average Bonchev–Trinajstić information content (AvgIpc) is 2.64. The van der Waals surface area contributed by atoms with Crippen LogP contribution in [-0.4, -0.2) is 24.1 Å². The summed E-state index contributed by atoms with van der Waals surface area (Å²) >= 11 is 5.17. The van der Waals surface area contributed by atoms with Crippen LogP contribution in [0.2, 0.25) is 0 Å². The van der Waals surface area contributed by atoms with E-state index in [1.165, 1.54) is 56.1 Å². The Kier molecular flexibility index (Phi) is 6.30. The van der Waals surface area contributed by atoms with E-state index in [-0.39, 0.29) is 10.7 Å². The normalized spacial score (nSPS) is 14.7. The number of rotatable bonds is 4. The third kappa shape index (κ3) is 5.34. The topological polar surface area (TPSA) is 45.6 Å². The first-order valence-electron chi connectivity index (χ1n) is 8.90. The van der Waals surface area contributed by atoms with E-state index in [4.69, 9.17) is 12.2 Å². The molecule has 136 valence electrons. The van der Waals surface area contributed by atoms with Crippen LogP contribution in [0.5, 0.6) is 0 Å². The van der Waals surface area contributed by atoms with Crippen LogP contribution < -0.4 is 15.5 Å². The molecule has 1 fully saturated rings. The Hall–Kier alpha value is -2.31. The highest BCUT2D eigenvalue weighted by atomic mass is 32.1. The number of thiocarbonyl (C=S) groups is 1. The van der Waals surface area contributed by atoms with Crippen LogP contribution in [0.15, 0.2) is 48.5 Å². The van der Waals surface area contributed by atoms with Gasteiger partial charge in [-0.2, -0.15) is 0 Å². The number of likely N-dealkylation sites (tertiary alicyclic amines) is 1. The molecule has 0 radical (unpaired) electrons. The van der Waals surface area contributed by atoms with Gasteiger partial charge in [0.05, 0.1) is 13.1 Å². The Morgan fingerprint density at radius 3 is 2.50 bits per heavy atom. The summed E-state index contributed by atoms with van der Waals surface area (Å²) in [6.07, 6.45) is 3.98. The number of nitrogens with one attached hydrogen (secondary N) is 3. The molecular weight excluding hydrogens is 349 g/mol. The van der Waals surface area contributed by atoms with Gasteiger partial charge in [0.1, 0.15) is 12.4 Å². The first-order valence-corrected chi connectivity index (χ1v) is 9.31. The van der Waals surface area contributed by atoms with E-state index < -0.39 is 11.7 Å². The fourth-order valence-electron chi connectivity index (χ4n) is 3.19. The highest BCUT2D eigenvalue weighted by Gasteiger charge is 2.14. The van der Waals surface area contributed by atoms with Crippen molar-refractivity contribution in [2.45, 2.75) is 25.8 Å². The Morgan fingerprint density at radius 2 is 1.81 bits per heavy atom. The second kappa shape index (κ2) is 8.87. The first kappa shape index (κ1) is 18.5. The summed E-state index contributed by atoms with van der Waals surface area (Å²) in [5, 5.41) is 5.74. The molecule has 0 atom stereocenters. The van der Waals surface area contributed by atoms with E-state index >= 15 is 0 Å². The van der Waals surface area contributed by atoms with Gasteiger partial charge in [-0.1, -0.05) is 18.2 Å². The molecule has 3 N–H and O–H groups in total. The van der Waals surface area contributed by atoms with Gasteiger partial charge in [0.2, 0.25) is 0 Å². The molecule has 3 rings (SSSR count). The summed E-state index contributed by atoms with van der Waals surface area (Å²) in [4.78, 5) is 13.7. The number of benzene rings is 2. The summed E-state index contributed by atoms with van der Waals surface area (Å²) in [6, 6.07) is 13.6. The van der Waals surface area contributed by atoms with Crippen molar-refractivity contribution in [1.82, 2.24) is 5.32 Å². The molecule has 1 saturated heterocycles. The van der Waals surface area contributed by atoms with E-state index in [0.717, 1.165) is 12.2 Å². The summed E-state index contributed by atoms with van der Waals surface area (Å²) < 4.78 is 13.2. The monoisotopic (exact) mass is 372 g/mol. The van der Waals surface area contributed by atoms with Crippen molar-refractivity contribution in [3.8, 4) is 0 Å². The Bertz CT molecular complexity index is 773. The van der Waals surface area contributed by atoms with Gasteiger partial charge in [0, 0.05) is 16.8 Å². The van der Waals surface area contributed by atoms with Crippen LogP contribution in [0, 0.1) is 5.82 Å². The zero-order valence-corrected chi connectivity index (χ0v) is 15.4. The lowest BCUT2D eigenvalue weighted by Crippen LogP contribution is -3.11. The maximum absolute atomic E-state index is 13.2. The average molecular weight is 372 g/mol. The summed E-state index contributed by atoms with van der Waals surface area (Å²) in [5.74, 6) is -0.893. The van der Waals surface area contributed by atoms with Gasteiger partial charge in [-0.15, -0.1) is 0 Å². The first-order chi connectivity index (χ1) is 12.6. The summed E-state index contributed by atoms with van der Waals surface area (Å²) in [5.41, 5.74) is 2.34. The molecule has 6 heteroatoms. The summed E-state index contributed by atoms with van der Waals surface area (Å²) in [7, 11) is 0. The zero-order valence-electron chi connectivity index (χ0n) is 14.6. The number of quaternary nitrogens is 1. The molecule has 1 amide bonds. The largest absolute Gasteiger partial charge is 0.332 e. The lowest BCUT2D eigenvalue weighted by molar-refractivity contribution is -0.918. The molecule has 2 aromatic rings.